The lowest BCUT2D eigenvalue weighted by atomic mass is 9.98. The molecule has 3 heterocycles. The van der Waals surface area contributed by atoms with Crippen molar-refractivity contribution < 1.29 is 0 Å². The molecule has 0 spiro atoms. The van der Waals surface area contributed by atoms with E-state index in [1.165, 1.54) is 16.1 Å². The average Bonchev–Trinajstić information content (AvgIpc) is 2.78. The van der Waals surface area contributed by atoms with Gasteiger partial charge in [-0.15, -0.1) is 0 Å². The normalized spacial score (nSPS) is 11.8. The third-order valence-corrected chi connectivity index (χ3v) is 7.56. The van der Waals surface area contributed by atoms with Gasteiger partial charge in [0, 0.05) is 23.2 Å². The minimum atomic E-state index is -1.52. The number of rotatable bonds is 3. The van der Waals surface area contributed by atoms with Crippen LogP contribution in [0.4, 0.5) is 0 Å². The highest BCUT2D eigenvalue weighted by molar-refractivity contribution is 6.90. The van der Waals surface area contributed by atoms with Gasteiger partial charge in [0.1, 0.15) is 0 Å². The maximum atomic E-state index is 5.07. The summed E-state index contributed by atoms with van der Waals surface area (Å²) in [5.41, 5.74) is 5.98. The van der Waals surface area contributed by atoms with E-state index in [1.807, 2.05) is 36.7 Å². The summed E-state index contributed by atoms with van der Waals surface area (Å²) < 4.78 is 0. The van der Waals surface area contributed by atoms with Crippen LogP contribution in [0.25, 0.3) is 44.3 Å². The van der Waals surface area contributed by atoms with Crippen molar-refractivity contribution in [2.24, 2.45) is 0 Å². The second-order valence-electron chi connectivity index (χ2n) is 8.60. The number of hydrogen-bond donors (Lipinski definition) is 0. The maximum Gasteiger partial charge on any atom is 0.0978 e. The standard InChI is InChI=1S/C26H23N3Si/c1-30(2,3)24-14-16-28-25-20(24)13-12-19-21(18-9-5-4-6-10-18)17-23(29-26(19)25)22-11-7-8-15-27-22/h4-17H,1-3H3. The first-order valence-corrected chi connectivity index (χ1v) is 13.7. The molecule has 0 aliphatic rings. The Morgan fingerprint density at radius 1 is 0.633 bits per heavy atom. The maximum absolute atomic E-state index is 5.07. The van der Waals surface area contributed by atoms with Crippen LogP contribution in [0.2, 0.25) is 19.6 Å². The molecular formula is C26H23N3Si. The molecule has 5 rings (SSSR count). The highest BCUT2D eigenvalue weighted by Crippen LogP contribution is 2.34. The predicted molar refractivity (Wildman–Crippen MR) is 129 cm³/mol. The van der Waals surface area contributed by atoms with Crippen LogP contribution in [0.3, 0.4) is 0 Å². The summed E-state index contributed by atoms with van der Waals surface area (Å²) in [4.78, 5) is 14.4. The van der Waals surface area contributed by atoms with Gasteiger partial charge in [-0.1, -0.05) is 68.2 Å². The zero-order chi connectivity index (χ0) is 20.7. The van der Waals surface area contributed by atoms with Gasteiger partial charge in [0.05, 0.1) is 30.5 Å². The summed E-state index contributed by atoms with van der Waals surface area (Å²) in [6, 6.07) is 25.2. The summed E-state index contributed by atoms with van der Waals surface area (Å²) in [5.74, 6) is 0. The Balaban J connectivity index is 1.91. The van der Waals surface area contributed by atoms with E-state index in [4.69, 9.17) is 9.97 Å². The fourth-order valence-corrected chi connectivity index (χ4v) is 5.64. The van der Waals surface area contributed by atoms with E-state index in [-0.39, 0.29) is 0 Å². The number of nitrogens with zero attached hydrogens (tertiary/aromatic N) is 3. The van der Waals surface area contributed by atoms with Gasteiger partial charge < -0.3 is 0 Å². The molecule has 2 aromatic carbocycles. The van der Waals surface area contributed by atoms with Crippen LogP contribution in [0, 0.1) is 0 Å². The van der Waals surface area contributed by atoms with Crippen LogP contribution in [0.5, 0.6) is 0 Å². The van der Waals surface area contributed by atoms with Gasteiger partial charge in [0.25, 0.3) is 0 Å². The Bertz CT molecular complexity index is 1360. The molecule has 0 amide bonds. The zero-order valence-electron chi connectivity index (χ0n) is 17.4. The smallest absolute Gasteiger partial charge is 0.0978 e. The molecule has 0 aliphatic heterocycles. The van der Waals surface area contributed by atoms with E-state index in [1.54, 1.807) is 0 Å². The minimum absolute atomic E-state index is 0.870. The second kappa shape index (κ2) is 7.15. The van der Waals surface area contributed by atoms with Crippen molar-refractivity contribution in [1.82, 2.24) is 15.0 Å². The molecule has 0 saturated carbocycles. The molecule has 30 heavy (non-hydrogen) atoms. The van der Waals surface area contributed by atoms with E-state index >= 15 is 0 Å². The van der Waals surface area contributed by atoms with Crippen molar-refractivity contribution in [1.29, 1.82) is 0 Å². The Morgan fingerprint density at radius 2 is 1.40 bits per heavy atom. The van der Waals surface area contributed by atoms with Crippen LogP contribution in [0.1, 0.15) is 0 Å². The molecule has 0 fully saturated rings. The fraction of sp³-hybridized carbons (Fsp3) is 0.115. The van der Waals surface area contributed by atoms with Crippen LogP contribution in [0.15, 0.2) is 85.2 Å². The lowest BCUT2D eigenvalue weighted by Gasteiger charge is -2.20. The monoisotopic (exact) mass is 405 g/mol. The number of aromatic nitrogens is 3. The summed E-state index contributed by atoms with van der Waals surface area (Å²) in [7, 11) is -1.52. The van der Waals surface area contributed by atoms with Gasteiger partial charge in [-0.05, 0) is 40.6 Å². The molecule has 0 saturated heterocycles. The Labute approximate surface area is 177 Å². The lowest BCUT2D eigenvalue weighted by Crippen LogP contribution is -2.38. The Hall–Kier alpha value is -3.37. The highest BCUT2D eigenvalue weighted by atomic mass is 28.3. The first-order chi connectivity index (χ1) is 14.5. The SMILES string of the molecule is C[Si](C)(C)c1ccnc2c1ccc1c(-c3ccccc3)cc(-c3ccccn3)nc12. The van der Waals surface area contributed by atoms with Crippen molar-refractivity contribution in [3.05, 3.63) is 85.2 Å². The van der Waals surface area contributed by atoms with E-state index in [0.717, 1.165) is 33.4 Å². The zero-order valence-corrected chi connectivity index (χ0v) is 18.4. The average molecular weight is 406 g/mol. The molecule has 0 unspecified atom stereocenters. The second-order valence-corrected chi connectivity index (χ2v) is 13.6. The molecular weight excluding hydrogens is 382 g/mol. The summed E-state index contributed by atoms with van der Waals surface area (Å²) in [6.45, 7) is 7.12. The quantitative estimate of drug-likeness (QED) is 0.271. The summed E-state index contributed by atoms with van der Waals surface area (Å²) in [6.07, 6.45) is 3.75. The van der Waals surface area contributed by atoms with Crippen molar-refractivity contribution in [3.8, 4) is 22.5 Å². The van der Waals surface area contributed by atoms with Gasteiger partial charge in [0.15, 0.2) is 0 Å². The third-order valence-electron chi connectivity index (χ3n) is 5.51. The largest absolute Gasteiger partial charge is 0.255 e. The first kappa shape index (κ1) is 18.6. The molecule has 5 aromatic rings. The van der Waals surface area contributed by atoms with Gasteiger partial charge in [0.2, 0.25) is 0 Å². The van der Waals surface area contributed by atoms with Gasteiger partial charge >= 0.3 is 0 Å². The molecule has 0 bridgehead atoms. The topological polar surface area (TPSA) is 38.7 Å². The number of benzene rings is 2. The Kier molecular flexibility index (Phi) is 4.44. The predicted octanol–water partition coefficient (Wildman–Crippen LogP) is 6.06. The van der Waals surface area contributed by atoms with E-state index in [0.29, 0.717) is 0 Å². The van der Waals surface area contributed by atoms with Crippen molar-refractivity contribution in [3.63, 3.8) is 0 Å². The van der Waals surface area contributed by atoms with Crippen molar-refractivity contribution >= 4 is 35.1 Å². The molecule has 3 aromatic heterocycles. The molecule has 146 valence electrons. The van der Waals surface area contributed by atoms with E-state index < -0.39 is 8.07 Å². The van der Waals surface area contributed by atoms with Crippen molar-refractivity contribution in [2.45, 2.75) is 19.6 Å². The first-order valence-electron chi connectivity index (χ1n) is 10.2. The van der Waals surface area contributed by atoms with Crippen molar-refractivity contribution in [2.75, 3.05) is 0 Å². The number of pyridine rings is 3. The summed E-state index contributed by atoms with van der Waals surface area (Å²) in [5, 5.41) is 3.75. The third kappa shape index (κ3) is 3.19. The summed E-state index contributed by atoms with van der Waals surface area (Å²) >= 11 is 0. The highest BCUT2D eigenvalue weighted by Gasteiger charge is 2.21. The molecule has 4 heteroatoms. The van der Waals surface area contributed by atoms with E-state index in [2.05, 4.69) is 73.2 Å². The molecule has 0 atom stereocenters. The van der Waals surface area contributed by atoms with E-state index in [9.17, 15) is 0 Å². The van der Waals surface area contributed by atoms with Crippen LogP contribution >= 0.6 is 0 Å². The van der Waals surface area contributed by atoms with Crippen LogP contribution < -0.4 is 5.19 Å². The van der Waals surface area contributed by atoms with Crippen LogP contribution in [-0.2, 0) is 0 Å². The molecule has 0 radical (unpaired) electrons. The van der Waals surface area contributed by atoms with Gasteiger partial charge in [-0.2, -0.15) is 0 Å². The molecule has 0 N–H and O–H groups in total. The fourth-order valence-electron chi connectivity index (χ4n) is 4.06. The number of fused-ring (bicyclic) bond motifs is 3. The lowest BCUT2D eigenvalue weighted by molar-refractivity contribution is 1.27. The van der Waals surface area contributed by atoms with Crippen LogP contribution in [-0.4, -0.2) is 23.0 Å². The number of hydrogen-bond acceptors (Lipinski definition) is 3. The Morgan fingerprint density at radius 3 is 2.13 bits per heavy atom. The van der Waals surface area contributed by atoms with Gasteiger partial charge in [-0.3, -0.25) is 9.97 Å². The molecule has 3 nitrogen and oxygen atoms in total. The van der Waals surface area contributed by atoms with Gasteiger partial charge in [-0.25, -0.2) is 4.98 Å². The molecule has 0 aliphatic carbocycles. The minimum Gasteiger partial charge on any atom is -0.255 e.